The molecule has 0 aliphatic carbocycles. The van der Waals surface area contributed by atoms with E-state index in [0.717, 1.165) is 18.2 Å². The first-order chi connectivity index (χ1) is 22.1. The number of nitrogens with zero attached hydrogens (tertiary/aromatic N) is 5. The Bertz CT molecular complexity index is 1880. The third kappa shape index (κ3) is 7.42. The number of hydrogen-bond donors (Lipinski definition) is 0. The summed E-state index contributed by atoms with van der Waals surface area (Å²) >= 11 is 13.4. The van der Waals surface area contributed by atoms with Gasteiger partial charge in [-0.3, -0.25) is 14.9 Å². The molecule has 250 valence electrons. The van der Waals surface area contributed by atoms with Crippen LogP contribution in [-0.4, -0.2) is 65.9 Å². The smallest absolute Gasteiger partial charge is 0.421 e. The van der Waals surface area contributed by atoms with Gasteiger partial charge < -0.3 is 23.7 Å². The van der Waals surface area contributed by atoms with Gasteiger partial charge in [0.25, 0.3) is 11.2 Å². The Labute approximate surface area is 280 Å². The zero-order chi connectivity index (χ0) is 34.8. The molecule has 0 fully saturated rings. The molecule has 0 unspecified atom stereocenters. The second kappa shape index (κ2) is 14.1. The van der Waals surface area contributed by atoms with Gasteiger partial charge >= 0.3 is 6.09 Å². The van der Waals surface area contributed by atoms with Crippen LogP contribution in [0.1, 0.15) is 27.2 Å². The third-order valence-corrected chi connectivity index (χ3v) is 7.74. The summed E-state index contributed by atoms with van der Waals surface area (Å²) in [6, 6.07) is 7.63. The SMILES string of the molecule is COc1cc(OC)c(Cl)c(-c2cc3cnc(N(C(=O)OC(C)(C)C)c4c(F)cccc4[N+](=O)[O-])cc3n(CCCN(C)C)c2=O)c1Cl. The number of methoxy groups -OCH3 is 2. The number of amides is 1. The highest BCUT2D eigenvalue weighted by Crippen LogP contribution is 2.46. The van der Waals surface area contributed by atoms with Crippen molar-refractivity contribution in [1.82, 2.24) is 14.5 Å². The minimum atomic E-state index is -1.11. The fourth-order valence-corrected chi connectivity index (χ4v) is 5.64. The van der Waals surface area contributed by atoms with Crippen LogP contribution in [0.3, 0.4) is 0 Å². The lowest BCUT2D eigenvalue weighted by Gasteiger charge is -2.27. The van der Waals surface area contributed by atoms with E-state index in [1.54, 1.807) is 20.8 Å². The number of carbonyl (C=O) groups excluding carboxylic acids is 1. The van der Waals surface area contributed by atoms with Crippen molar-refractivity contribution in [2.75, 3.05) is 39.8 Å². The number of aryl methyl sites for hydroxylation is 1. The first-order valence-electron chi connectivity index (χ1n) is 14.3. The van der Waals surface area contributed by atoms with Crippen LogP contribution < -0.4 is 19.9 Å². The van der Waals surface area contributed by atoms with Gasteiger partial charge in [0, 0.05) is 41.9 Å². The molecule has 0 aliphatic heterocycles. The van der Waals surface area contributed by atoms with E-state index in [9.17, 15) is 19.7 Å². The summed E-state index contributed by atoms with van der Waals surface area (Å²) in [6.45, 7) is 5.62. The molecule has 12 nitrogen and oxygen atoms in total. The van der Waals surface area contributed by atoms with Gasteiger partial charge in [0.15, 0.2) is 11.5 Å². The summed E-state index contributed by atoms with van der Waals surface area (Å²) in [6.07, 6.45) is 0.776. The van der Waals surface area contributed by atoms with Crippen molar-refractivity contribution in [3.05, 3.63) is 78.9 Å². The second-order valence-electron chi connectivity index (χ2n) is 11.7. The summed E-state index contributed by atoms with van der Waals surface area (Å²) in [7, 11) is 6.61. The average Bonchev–Trinajstić information content (AvgIpc) is 2.98. The van der Waals surface area contributed by atoms with E-state index in [0.29, 0.717) is 28.8 Å². The second-order valence-corrected chi connectivity index (χ2v) is 12.5. The number of nitro benzene ring substituents is 1. The number of carbonyl (C=O) groups is 1. The number of fused-ring (bicyclic) bond motifs is 1. The molecule has 0 bridgehead atoms. The van der Waals surface area contributed by atoms with Gasteiger partial charge in [-0.05, 0) is 60.0 Å². The first-order valence-corrected chi connectivity index (χ1v) is 15.1. The van der Waals surface area contributed by atoms with Gasteiger partial charge in [0.2, 0.25) is 0 Å². The normalized spacial score (nSPS) is 11.6. The number of ether oxygens (including phenoxy) is 3. The predicted octanol–water partition coefficient (Wildman–Crippen LogP) is 7.46. The number of hydrogen-bond acceptors (Lipinski definition) is 9. The zero-order valence-corrected chi connectivity index (χ0v) is 28.4. The lowest BCUT2D eigenvalue weighted by Crippen LogP contribution is -2.35. The van der Waals surface area contributed by atoms with Crippen molar-refractivity contribution in [1.29, 1.82) is 0 Å². The van der Waals surface area contributed by atoms with Crippen LogP contribution in [0.25, 0.3) is 22.0 Å². The summed E-state index contributed by atoms with van der Waals surface area (Å²) in [5.74, 6) is -0.807. The molecule has 0 atom stereocenters. The molecule has 2 aromatic carbocycles. The Morgan fingerprint density at radius 3 is 2.28 bits per heavy atom. The summed E-state index contributed by atoms with van der Waals surface area (Å²) in [5.41, 5.74) is -2.29. The molecular weight excluding hydrogens is 656 g/mol. The van der Waals surface area contributed by atoms with Gasteiger partial charge in [-0.15, -0.1) is 0 Å². The monoisotopic (exact) mass is 689 g/mol. The van der Waals surface area contributed by atoms with Crippen LogP contribution in [-0.2, 0) is 11.3 Å². The van der Waals surface area contributed by atoms with Gasteiger partial charge in [-0.2, -0.15) is 0 Å². The highest BCUT2D eigenvalue weighted by Gasteiger charge is 2.34. The molecule has 15 heteroatoms. The molecule has 0 N–H and O–H groups in total. The Balaban J connectivity index is 2.06. The van der Waals surface area contributed by atoms with Crippen LogP contribution in [0.5, 0.6) is 11.5 Å². The van der Waals surface area contributed by atoms with Crippen LogP contribution in [0, 0.1) is 15.9 Å². The Morgan fingerprint density at radius 2 is 1.72 bits per heavy atom. The molecule has 1 amide bonds. The minimum absolute atomic E-state index is 0.0853. The van der Waals surface area contributed by atoms with Crippen molar-refractivity contribution in [2.45, 2.75) is 39.3 Å². The fourth-order valence-electron chi connectivity index (χ4n) is 4.93. The maximum absolute atomic E-state index is 15.4. The van der Waals surface area contributed by atoms with Crippen molar-refractivity contribution in [2.24, 2.45) is 0 Å². The largest absolute Gasteiger partial charge is 0.495 e. The average molecular weight is 691 g/mol. The van der Waals surface area contributed by atoms with Crippen molar-refractivity contribution >= 4 is 57.4 Å². The Morgan fingerprint density at radius 1 is 1.09 bits per heavy atom. The molecule has 4 rings (SSSR count). The molecule has 4 aromatic rings. The molecule has 2 heterocycles. The fraction of sp³-hybridized carbons (Fsp3) is 0.344. The van der Waals surface area contributed by atoms with E-state index in [-0.39, 0.29) is 45.0 Å². The highest BCUT2D eigenvalue weighted by molar-refractivity contribution is 6.41. The number of aromatic nitrogens is 2. The van der Waals surface area contributed by atoms with Crippen molar-refractivity contribution in [3.8, 4) is 22.6 Å². The van der Waals surface area contributed by atoms with Crippen LogP contribution in [0.2, 0.25) is 10.0 Å². The summed E-state index contributed by atoms with van der Waals surface area (Å²) < 4.78 is 33.2. The van der Waals surface area contributed by atoms with E-state index in [2.05, 4.69) is 4.98 Å². The highest BCUT2D eigenvalue weighted by atomic mass is 35.5. The Hall–Kier alpha value is -4.46. The van der Waals surface area contributed by atoms with E-state index in [4.69, 9.17) is 37.4 Å². The zero-order valence-electron chi connectivity index (χ0n) is 26.9. The van der Waals surface area contributed by atoms with Gasteiger partial charge in [0.05, 0.1) is 40.3 Å². The standard InChI is InChI=1S/C32H34Cl2FN5O7/c1-32(2,3)47-31(42)39(29-20(35)10-8-11-21(29)40(43)44)25-15-22-18(17-36-25)14-19(30(41)38(22)13-9-12-37(4)5)26-27(33)23(45-6)16-24(46-7)28(26)34/h8,10-11,14-17H,9,12-13H2,1-7H3. The van der Waals surface area contributed by atoms with E-state index >= 15 is 4.39 Å². The minimum Gasteiger partial charge on any atom is -0.495 e. The first kappa shape index (κ1) is 35.4. The number of anilines is 2. The van der Waals surface area contributed by atoms with Crippen molar-refractivity contribution < 1.29 is 28.3 Å². The molecule has 2 aromatic heterocycles. The van der Waals surface area contributed by atoms with E-state index in [1.165, 1.54) is 43.2 Å². The lowest BCUT2D eigenvalue weighted by molar-refractivity contribution is -0.384. The topological polar surface area (TPSA) is 129 Å². The number of rotatable bonds is 10. The van der Waals surface area contributed by atoms with Crippen LogP contribution >= 0.6 is 23.2 Å². The number of para-hydroxylation sites is 1. The summed E-state index contributed by atoms with van der Waals surface area (Å²) in [5, 5.41) is 12.6. The molecular formula is C32H34Cl2FN5O7. The summed E-state index contributed by atoms with van der Waals surface area (Å²) in [4.78, 5) is 46.1. The maximum Gasteiger partial charge on any atom is 0.421 e. The lowest BCUT2D eigenvalue weighted by atomic mass is 10.0. The molecule has 0 radical (unpaired) electrons. The number of benzene rings is 2. The van der Waals surface area contributed by atoms with E-state index in [1.807, 2.05) is 19.0 Å². The number of halogens is 3. The number of pyridine rings is 2. The van der Waals surface area contributed by atoms with Crippen LogP contribution in [0.15, 0.2) is 47.4 Å². The quantitative estimate of drug-likeness (QED) is 0.123. The molecule has 47 heavy (non-hydrogen) atoms. The molecule has 0 spiro atoms. The van der Waals surface area contributed by atoms with Gasteiger partial charge in [-0.1, -0.05) is 29.3 Å². The van der Waals surface area contributed by atoms with Gasteiger partial charge in [-0.25, -0.2) is 19.1 Å². The predicted molar refractivity (Wildman–Crippen MR) is 179 cm³/mol. The molecule has 0 saturated carbocycles. The molecule has 0 aliphatic rings. The van der Waals surface area contributed by atoms with Crippen LogP contribution in [0.4, 0.5) is 26.4 Å². The van der Waals surface area contributed by atoms with Crippen molar-refractivity contribution in [3.63, 3.8) is 0 Å². The maximum atomic E-state index is 15.4. The third-order valence-electron chi connectivity index (χ3n) is 6.98. The van der Waals surface area contributed by atoms with Gasteiger partial charge in [0.1, 0.15) is 22.9 Å². The number of nitro groups is 1. The Kier molecular flexibility index (Phi) is 10.6. The molecule has 0 saturated heterocycles. The van der Waals surface area contributed by atoms with E-state index < -0.39 is 39.4 Å².